The normalized spacial score (nSPS) is 11.9. The molecule has 0 spiro atoms. The first-order chi connectivity index (χ1) is 8.15. The lowest BCUT2D eigenvalue weighted by Crippen LogP contribution is -2.41. The van der Waals surface area contributed by atoms with Crippen LogP contribution in [-0.4, -0.2) is 24.9 Å². The zero-order valence-electron chi connectivity index (χ0n) is 9.77. The highest BCUT2D eigenvalue weighted by molar-refractivity contribution is 6.36. The molecule has 0 saturated carbocycles. The summed E-state index contributed by atoms with van der Waals surface area (Å²) in [6, 6.07) is 9.92. The van der Waals surface area contributed by atoms with Gasteiger partial charge in [-0.3, -0.25) is 14.9 Å². The first kappa shape index (κ1) is 13.3. The van der Waals surface area contributed by atoms with Crippen molar-refractivity contribution in [3.8, 4) is 0 Å². The summed E-state index contributed by atoms with van der Waals surface area (Å²) in [5, 5.41) is 5.54. The molecule has 0 aromatic heterocycles. The van der Waals surface area contributed by atoms with Crippen molar-refractivity contribution in [1.82, 2.24) is 10.6 Å². The summed E-state index contributed by atoms with van der Waals surface area (Å²) < 4.78 is 0. The third-order valence-corrected chi connectivity index (χ3v) is 2.40. The quantitative estimate of drug-likeness (QED) is 0.476. The molecular formula is C12H17N3O2. The van der Waals surface area contributed by atoms with Crippen LogP contribution in [0.4, 0.5) is 0 Å². The highest BCUT2D eigenvalue weighted by Crippen LogP contribution is 2.09. The van der Waals surface area contributed by atoms with Gasteiger partial charge < -0.3 is 11.1 Å². The highest BCUT2D eigenvalue weighted by Gasteiger charge is 2.10. The van der Waals surface area contributed by atoms with E-state index in [-0.39, 0.29) is 19.3 Å². The van der Waals surface area contributed by atoms with Gasteiger partial charge in [-0.2, -0.15) is 0 Å². The molecule has 0 bridgehead atoms. The zero-order valence-corrected chi connectivity index (χ0v) is 9.77. The molecule has 5 heteroatoms. The van der Waals surface area contributed by atoms with E-state index < -0.39 is 11.7 Å². The maximum absolute atomic E-state index is 11.1. The maximum atomic E-state index is 11.1. The monoisotopic (exact) mass is 235 g/mol. The molecule has 17 heavy (non-hydrogen) atoms. The first-order valence-electron chi connectivity index (χ1n) is 5.44. The predicted molar refractivity (Wildman–Crippen MR) is 65.1 cm³/mol. The molecule has 0 unspecified atom stereocenters. The molecule has 1 aromatic rings. The van der Waals surface area contributed by atoms with Gasteiger partial charge in [0.25, 0.3) is 5.91 Å². The van der Waals surface area contributed by atoms with Crippen LogP contribution in [0.15, 0.2) is 30.3 Å². The Morgan fingerprint density at radius 1 is 1.29 bits per heavy atom. The lowest BCUT2D eigenvalue weighted by atomic mass is 10.1. The molecule has 1 aromatic carbocycles. The molecule has 0 aliphatic carbocycles. The van der Waals surface area contributed by atoms with Gasteiger partial charge in [-0.15, -0.1) is 0 Å². The minimum Gasteiger partial charge on any atom is -0.337 e. The Bertz CT molecular complexity index is 379. The van der Waals surface area contributed by atoms with Crippen LogP contribution in [0.5, 0.6) is 0 Å². The summed E-state index contributed by atoms with van der Waals surface area (Å²) in [6.45, 7) is 1.95. The summed E-state index contributed by atoms with van der Waals surface area (Å²) in [4.78, 5) is 22.0. The molecule has 0 fully saturated rings. The molecule has 1 amide bonds. The fourth-order valence-corrected chi connectivity index (χ4v) is 1.34. The van der Waals surface area contributed by atoms with Gasteiger partial charge in [0.1, 0.15) is 0 Å². The fraction of sp³-hybridized carbons (Fsp3) is 0.333. The molecule has 0 heterocycles. The molecule has 1 atom stereocenters. The number of nitrogens with two attached hydrogens (primary N) is 1. The Hall–Kier alpha value is -1.72. The van der Waals surface area contributed by atoms with E-state index in [1.807, 2.05) is 37.3 Å². The molecule has 5 nitrogen and oxygen atoms in total. The fourth-order valence-electron chi connectivity index (χ4n) is 1.34. The molecular weight excluding hydrogens is 218 g/mol. The van der Waals surface area contributed by atoms with Crippen LogP contribution >= 0.6 is 0 Å². The lowest BCUT2D eigenvalue weighted by molar-refractivity contribution is -0.137. The van der Waals surface area contributed by atoms with Gasteiger partial charge in [0, 0.05) is 6.04 Å². The van der Waals surface area contributed by atoms with Crippen molar-refractivity contribution in [2.24, 2.45) is 5.73 Å². The number of carbonyl (C=O) groups is 2. The van der Waals surface area contributed by atoms with Crippen molar-refractivity contribution in [2.75, 3.05) is 13.2 Å². The van der Waals surface area contributed by atoms with E-state index in [0.29, 0.717) is 0 Å². The molecule has 0 saturated heterocycles. The van der Waals surface area contributed by atoms with Crippen molar-refractivity contribution in [2.45, 2.75) is 13.0 Å². The van der Waals surface area contributed by atoms with E-state index in [4.69, 9.17) is 5.73 Å². The lowest BCUT2D eigenvalue weighted by Gasteiger charge is -2.14. The number of carbonyl (C=O) groups excluding carboxylic acids is 2. The van der Waals surface area contributed by atoms with E-state index >= 15 is 0 Å². The number of amides is 1. The Morgan fingerprint density at radius 3 is 2.53 bits per heavy atom. The van der Waals surface area contributed by atoms with E-state index in [2.05, 4.69) is 10.6 Å². The summed E-state index contributed by atoms with van der Waals surface area (Å²) in [7, 11) is 0. The van der Waals surface area contributed by atoms with Crippen LogP contribution in [0.1, 0.15) is 18.5 Å². The number of rotatable bonds is 6. The van der Waals surface area contributed by atoms with Gasteiger partial charge in [0.2, 0.25) is 5.78 Å². The van der Waals surface area contributed by atoms with E-state index in [9.17, 15) is 9.59 Å². The average molecular weight is 235 g/mol. The third kappa shape index (κ3) is 4.34. The standard InChI is InChI=1S/C12H17N3O2/c1-9(10-5-3-2-4-6-10)14-8-15-12(17)11(16)7-13/h2-6,9,14H,7-8,13H2,1H3,(H,15,17)/t9-/m1/s1. The molecule has 4 N–H and O–H groups in total. The Balaban J connectivity index is 2.32. The maximum Gasteiger partial charge on any atom is 0.289 e. The average Bonchev–Trinajstić information content (AvgIpc) is 2.38. The number of Topliss-reactive ketones (excluding diaryl/α,β-unsaturated/α-hetero) is 1. The number of hydrogen-bond acceptors (Lipinski definition) is 4. The second-order valence-electron chi connectivity index (χ2n) is 3.65. The van der Waals surface area contributed by atoms with E-state index in [1.165, 1.54) is 0 Å². The number of nitrogens with one attached hydrogen (secondary N) is 2. The minimum absolute atomic E-state index is 0.101. The second kappa shape index (κ2) is 6.78. The zero-order chi connectivity index (χ0) is 12.7. The van der Waals surface area contributed by atoms with Crippen LogP contribution in [0.3, 0.4) is 0 Å². The van der Waals surface area contributed by atoms with Gasteiger partial charge in [-0.1, -0.05) is 30.3 Å². The number of hydrogen-bond donors (Lipinski definition) is 3. The van der Waals surface area contributed by atoms with Crippen LogP contribution in [-0.2, 0) is 9.59 Å². The van der Waals surface area contributed by atoms with Crippen LogP contribution in [0.25, 0.3) is 0 Å². The molecule has 1 rings (SSSR count). The minimum atomic E-state index is -0.653. The number of ketones is 1. The SMILES string of the molecule is C[C@@H](NCNC(=O)C(=O)CN)c1ccccc1. The topological polar surface area (TPSA) is 84.2 Å². The highest BCUT2D eigenvalue weighted by atomic mass is 16.2. The smallest absolute Gasteiger partial charge is 0.289 e. The van der Waals surface area contributed by atoms with Crippen molar-refractivity contribution in [3.63, 3.8) is 0 Å². The summed E-state index contributed by atoms with van der Waals surface area (Å²) in [5.41, 5.74) is 6.18. The number of benzene rings is 1. The third-order valence-electron chi connectivity index (χ3n) is 2.40. The van der Waals surface area contributed by atoms with Crippen molar-refractivity contribution in [1.29, 1.82) is 0 Å². The van der Waals surface area contributed by atoms with Gasteiger partial charge in [0.15, 0.2) is 0 Å². The van der Waals surface area contributed by atoms with Crippen molar-refractivity contribution in [3.05, 3.63) is 35.9 Å². The van der Waals surface area contributed by atoms with Gasteiger partial charge in [-0.05, 0) is 12.5 Å². The van der Waals surface area contributed by atoms with Crippen LogP contribution in [0.2, 0.25) is 0 Å². The van der Waals surface area contributed by atoms with Gasteiger partial charge >= 0.3 is 0 Å². The van der Waals surface area contributed by atoms with E-state index in [1.54, 1.807) is 0 Å². The van der Waals surface area contributed by atoms with Crippen molar-refractivity contribution >= 4 is 11.7 Å². The summed E-state index contributed by atoms with van der Waals surface area (Å²) >= 11 is 0. The van der Waals surface area contributed by atoms with Gasteiger partial charge in [0.05, 0.1) is 13.2 Å². The largest absolute Gasteiger partial charge is 0.337 e. The summed E-state index contributed by atoms with van der Waals surface area (Å²) in [5.74, 6) is -1.26. The van der Waals surface area contributed by atoms with Crippen LogP contribution < -0.4 is 16.4 Å². The Morgan fingerprint density at radius 2 is 1.94 bits per heavy atom. The molecule has 0 aliphatic rings. The summed E-state index contributed by atoms with van der Waals surface area (Å²) in [6.07, 6.45) is 0. The first-order valence-corrected chi connectivity index (χ1v) is 5.44. The Kier molecular flexibility index (Phi) is 5.32. The molecule has 0 aliphatic heterocycles. The van der Waals surface area contributed by atoms with Crippen LogP contribution in [0, 0.1) is 0 Å². The Labute approximate surface area is 100 Å². The molecule has 0 radical (unpaired) electrons. The molecule has 92 valence electrons. The van der Waals surface area contributed by atoms with E-state index in [0.717, 1.165) is 5.56 Å². The predicted octanol–water partition coefficient (Wildman–Crippen LogP) is -0.0613. The second-order valence-corrected chi connectivity index (χ2v) is 3.65. The van der Waals surface area contributed by atoms with Crippen molar-refractivity contribution < 1.29 is 9.59 Å². The van der Waals surface area contributed by atoms with Gasteiger partial charge in [-0.25, -0.2) is 0 Å².